The van der Waals surface area contributed by atoms with Gasteiger partial charge < -0.3 is 30.7 Å². The van der Waals surface area contributed by atoms with Crippen molar-refractivity contribution >= 4 is 30.1 Å². The van der Waals surface area contributed by atoms with E-state index in [1.807, 2.05) is 24.3 Å². The lowest BCUT2D eigenvalue weighted by Crippen LogP contribution is -2.50. The number of nitrogens with zero attached hydrogens (tertiary/aromatic N) is 4. The van der Waals surface area contributed by atoms with Gasteiger partial charge in [-0.05, 0) is 55.5 Å². The molecule has 1 unspecified atom stereocenters. The van der Waals surface area contributed by atoms with Gasteiger partial charge in [-0.2, -0.15) is 5.10 Å². The number of benzene rings is 1. The van der Waals surface area contributed by atoms with Gasteiger partial charge in [-0.15, -0.1) is 12.4 Å². The summed E-state index contributed by atoms with van der Waals surface area (Å²) < 4.78 is 12.9. The SMILES string of the molecule is COc1ccc2cc1OCC(=O)NCCNCCCC(=O)NCC(CC1CC1)(C(=O)NCc1cccnc1-n1cncn1)C2.Cl. The average molecular weight is 641 g/mol. The van der Waals surface area contributed by atoms with Gasteiger partial charge in [0.1, 0.15) is 12.7 Å². The quantitative estimate of drug-likeness (QED) is 0.301. The van der Waals surface area contributed by atoms with Gasteiger partial charge in [0.15, 0.2) is 23.9 Å². The number of carbonyl (C=O) groups is 3. The summed E-state index contributed by atoms with van der Waals surface area (Å²) in [5, 5.41) is 16.5. The number of nitrogens with one attached hydrogen (secondary N) is 4. The highest BCUT2D eigenvalue weighted by atomic mass is 35.5. The molecule has 1 aliphatic carbocycles. The highest BCUT2D eigenvalue weighted by Gasteiger charge is 2.43. The van der Waals surface area contributed by atoms with Crippen molar-refractivity contribution in [3.8, 4) is 17.3 Å². The maximum Gasteiger partial charge on any atom is 0.257 e. The van der Waals surface area contributed by atoms with Crippen LogP contribution in [0.4, 0.5) is 0 Å². The molecule has 3 amide bonds. The lowest BCUT2D eigenvalue weighted by molar-refractivity contribution is -0.132. The van der Waals surface area contributed by atoms with E-state index in [4.69, 9.17) is 9.47 Å². The first-order chi connectivity index (χ1) is 21.5. The normalized spacial score (nSPS) is 19.8. The van der Waals surface area contributed by atoms with E-state index in [-0.39, 0.29) is 49.8 Å². The van der Waals surface area contributed by atoms with E-state index in [2.05, 4.69) is 36.3 Å². The Labute approximate surface area is 268 Å². The van der Waals surface area contributed by atoms with E-state index in [0.29, 0.717) is 68.6 Å². The van der Waals surface area contributed by atoms with Crippen LogP contribution >= 0.6 is 12.4 Å². The fourth-order valence-electron chi connectivity index (χ4n) is 5.46. The third-order valence-electron chi connectivity index (χ3n) is 7.94. The third kappa shape index (κ3) is 9.38. The maximum absolute atomic E-state index is 14.3. The van der Waals surface area contributed by atoms with Crippen molar-refractivity contribution < 1.29 is 23.9 Å². The number of ether oxygens (including phenoxy) is 2. The van der Waals surface area contributed by atoms with Crippen LogP contribution in [0.2, 0.25) is 0 Å². The molecule has 1 aromatic carbocycles. The zero-order chi connectivity index (χ0) is 30.8. The van der Waals surface area contributed by atoms with Crippen molar-refractivity contribution in [1.29, 1.82) is 0 Å². The molecule has 5 rings (SSSR count). The Balaban J connectivity index is 0.00000461. The van der Waals surface area contributed by atoms with Crippen molar-refractivity contribution in [3.05, 3.63) is 60.3 Å². The van der Waals surface area contributed by atoms with E-state index in [1.165, 1.54) is 6.33 Å². The van der Waals surface area contributed by atoms with Crippen molar-refractivity contribution in [1.82, 2.24) is 41.0 Å². The number of amides is 3. The molecule has 0 saturated heterocycles. The Kier molecular flexibility index (Phi) is 12.1. The second-order valence-electron chi connectivity index (χ2n) is 11.4. The van der Waals surface area contributed by atoms with Gasteiger partial charge >= 0.3 is 0 Å². The van der Waals surface area contributed by atoms with Gasteiger partial charge in [0.25, 0.3) is 5.91 Å². The molecule has 1 atom stereocenters. The molecule has 3 aromatic rings. The fourth-order valence-corrected chi connectivity index (χ4v) is 5.46. The number of carbonyl (C=O) groups excluding carboxylic acids is 3. The third-order valence-corrected chi connectivity index (χ3v) is 7.94. The minimum atomic E-state index is -0.931. The van der Waals surface area contributed by atoms with E-state index in [9.17, 15) is 14.4 Å². The zero-order valence-corrected chi connectivity index (χ0v) is 26.2. The number of pyridine rings is 1. The summed E-state index contributed by atoms with van der Waals surface area (Å²) in [4.78, 5) is 48.1. The van der Waals surface area contributed by atoms with Crippen LogP contribution in [0.5, 0.6) is 11.5 Å². The summed E-state index contributed by atoms with van der Waals surface area (Å²) in [5.74, 6) is 1.36. The largest absolute Gasteiger partial charge is 0.493 e. The minimum Gasteiger partial charge on any atom is -0.493 e. The number of hydrogen-bond acceptors (Lipinski definition) is 9. The molecule has 1 fully saturated rings. The second kappa shape index (κ2) is 16.2. The van der Waals surface area contributed by atoms with Crippen LogP contribution in [-0.2, 0) is 27.3 Å². The molecule has 2 bridgehead atoms. The number of fused-ring (bicyclic) bond motifs is 2. The van der Waals surface area contributed by atoms with Gasteiger partial charge in [0.05, 0.1) is 12.5 Å². The van der Waals surface area contributed by atoms with Crippen molar-refractivity contribution in [2.75, 3.05) is 39.9 Å². The molecule has 242 valence electrons. The fraction of sp³-hybridized carbons (Fsp3) is 0.484. The van der Waals surface area contributed by atoms with E-state index < -0.39 is 5.41 Å². The Hall–Kier alpha value is -4.23. The predicted molar refractivity (Wildman–Crippen MR) is 168 cm³/mol. The smallest absolute Gasteiger partial charge is 0.257 e. The number of aromatic nitrogens is 4. The summed E-state index contributed by atoms with van der Waals surface area (Å²) in [6.07, 6.45) is 8.69. The second-order valence-corrected chi connectivity index (χ2v) is 11.4. The Morgan fingerprint density at radius 2 is 2.02 bits per heavy atom. The first kappa shape index (κ1) is 33.7. The highest BCUT2D eigenvalue weighted by molar-refractivity contribution is 5.85. The minimum absolute atomic E-state index is 0. The van der Waals surface area contributed by atoms with Crippen molar-refractivity contribution in [3.63, 3.8) is 0 Å². The molecule has 2 aliphatic rings. The molecule has 4 N–H and O–H groups in total. The van der Waals surface area contributed by atoms with E-state index >= 15 is 0 Å². The lowest BCUT2D eigenvalue weighted by Gasteiger charge is -2.33. The predicted octanol–water partition coefficient (Wildman–Crippen LogP) is 1.73. The van der Waals surface area contributed by atoms with Crippen LogP contribution in [0.25, 0.3) is 5.82 Å². The first-order valence-corrected chi connectivity index (χ1v) is 15.1. The van der Waals surface area contributed by atoms with Crippen LogP contribution in [0.1, 0.15) is 43.2 Å². The van der Waals surface area contributed by atoms with Crippen molar-refractivity contribution in [2.45, 2.75) is 45.1 Å². The van der Waals surface area contributed by atoms with Crippen LogP contribution in [0.15, 0.2) is 49.2 Å². The number of rotatable bonds is 7. The molecule has 13 nitrogen and oxygen atoms in total. The van der Waals surface area contributed by atoms with Gasteiger partial charge in [-0.1, -0.05) is 25.0 Å². The molecular weight excluding hydrogens is 600 g/mol. The first-order valence-electron chi connectivity index (χ1n) is 15.1. The molecule has 0 radical (unpaired) electrons. The Morgan fingerprint density at radius 1 is 1.16 bits per heavy atom. The molecule has 0 spiro atoms. The summed E-state index contributed by atoms with van der Waals surface area (Å²) in [6, 6.07) is 9.20. The Morgan fingerprint density at radius 3 is 2.80 bits per heavy atom. The summed E-state index contributed by atoms with van der Waals surface area (Å²) >= 11 is 0. The average Bonchev–Trinajstić information content (AvgIpc) is 3.68. The van der Waals surface area contributed by atoms with Gasteiger partial charge in [-0.3, -0.25) is 14.4 Å². The van der Waals surface area contributed by atoms with E-state index in [1.54, 1.807) is 30.4 Å². The van der Waals surface area contributed by atoms with Gasteiger partial charge in [0.2, 0.25) is 11.8 Å². The van der Waals surface area contributed by atoms with Gasteiger partial charge in [-0.25, -0.2) is 14.6 Å². The molecule has 1 saturated carbocycles. The number of hydrogen-bond donors (Lipinski definition) is 4. The van der Waals surface area contributed by atoms with E-state index in [0.717, 1.165) is 24.0 Å². The van der Waals surface area contributed by atoms with Crippen molar-refractivity contribution in [2.24, 2.45) is 11.3 Å². The monoisotopic (exact) mass is 640 g/mol. The lowest BCUT2D eigenvalue weighted by atomic mass is 9.75. The van der Waals surface area contributed by atoms with Crippen LogP contribution in [-0.4, -0.2) is 77.4 Å². The molecule has 45 heavy (non-hydrogen) atoms. The molecule has 3 heterocycles. The molecule has 2 aromatic heterocycles. The van der Waals surface area contributed by atoms with Crippen LogP contribution < -0.4 is 30.7 Å². The van der Waals surface area contributed by atoms with Gasteiger partial charge in [0, 0.05) is 44.4 Å². The summed E-state index contributed by atoms with van der Waals surface area (Å²) in [6.45, 7) is 1.91. The number of methoxy groups -OCH3 is 1. The molecule has 1 aliphatic heterocycles. The standard InChI is InChI=1S/C31H40N8O5.ClH/c1-43-25-9-8-23-14-26(25)44-18-28(41)34-13-12-32-10-3-5-27(40)37-19-31(16-23,15-22-6-7-22)30(42)36-17-24-4-2-11-35-29(24)39-21-33-20-38-39;/h2,4,8-9,11,14,20-22,32H,3,5-7,10,12-13,15-19H2,1H3,(H,34,41)(H,36,42)(H,37,40);1H. The maximum atomic E-state index is 14.3. The molecular formula is C31H41ClN8O5. The zero-order valence-electron chi connectivity index (χ0n) is 25.4. The van der Waals surface area contributed by atoms with Crippen LogP contribution in [0, 0.1) is 11.3 Å². The topological polar surface area (TPSA) is 161 Å². The Bertz CT molecular complexity index is 1440. The molecule has 14 heteroatoms. The number of halogens is 1. The van der Waals surface area contributed by atoms with Crippen LogP contribution in [0.3, 0.4) is 0 Å². The summed E-state index contributed by atoms with van der Waals surface area (Å²) in [7, 11) is 1.54. The summed E-state index contributed by atoms with van der Waals surface area (Å²) in [5.41, 5.74) is 0.684. The highest BCUT2D eigenvalue weighted by Crippen LogP contribution is 2.43.